The maximum absolute atomic E-state index is 11.6. The van der Waals surface area contributed by atoms with Gasteiger partial charge < -0.3 is 42.9 Å². The first-order chi connectivity index (χ1) is 70.4. The molecular formula is C104H104Br4N30O4S2. The second-order valence-corrected chi connectivity index (χ2v) is 42.1. The lowest BCUT2D eigenvalue weighted by atomic mass is 10.1. The third-order valence-corrected chi connectivity index (χ3v) is 32.2. The van der Waals surface area contributed by atoms with Gasteiger partial charge in [-0.3, -0.25) is 53.6 Å². The van der Waals surface area contributed by atoms with Crippen molar-refractivity contribution in [1.29, 1.82) is 0 Å². The van der Waals surface area contributed by atoms with Crippen LogP contribution in [0.2, 0.25) is 0 Å². The SMILES string of the molecule is COC1CCN(Cc2nc3c(-c4cnc5ccccc5c4)cnn3c(N)c2Br)CC1.Nc1c(Br)c(CN2CCCOCC2)nc2c(-c3cnc4ccccc4c3)cnn12.Nc1c(Br)c(CN2CCS(=O)CC2)nc2c(-c3cnc4ccccc4c3)cnn12.Nc1c(Br)c(CN2CCSCC2)nc2c(-c3cnc4ccccc4c3)cnn12.Nc1cc(CN2CCCOCC2)nc2c(-c3cnc4ccccc4c3)cnn12. The minimum Gasteiger partial charge on any atom is -0.384 e. The summed E-state index contributed by atoms with van der Waals surface area (Å²) < 4.78 is 39.8. The van der Waals surface area contributed by atoms with Gasteiger partial charge in [0, 0.05) is 272 Å². The summed E-state index contributed by atoms with van der Waals surface area (Å²) in [5.41, 5.74) is 54.4. The second-order valence-electron chi connectivity index (χ2n) is 36.0. The normalized spacial score (nSPS) is 15.8. The zero-order valence-electron chi connectivity index (χ0n) is 79.0. The number of hydrogen-bond acceptors (Lipinski definition) is 30. The number of likely N-dealkylation sites (tertiary alicyclic amines) is 1. The Morgan fingerprint density at radius 1 is 0.347 bits per heavy atom. The highest BCUT2D eigenvalue weighted by molar-refractivity contribution is 9.11. The van der Waals surface area contributed by atoms with Gasteiger partial charge in [-0.1, -0.05) is 91.0 Å². The van der Waals surface area contributed by atoms with E-state index in [4.69, 9.17) is 67.8 Å². The number of piperidine rings is 1. The van der Waals surface area contributed by atoms with E-state index in [1.54, 1.807) is 42.1 Å². The fourth-order valence-corrected chi connectivity index (χ4v) is 22.3. The van der Waals surface area contributed by atoms with E-state index in [1.807, 2.05) is 164 Å². The fourth-order valence-electron chi connectivity index (χ4n) is 18.7. The number of rotatable bonds is 16. The van der Waals surface area contributed by atoms with Gasteiger partial charge in [0.1, 0.15) is 29.1 Å². The largest absolute Gasteiger partial charge is 0.384 e. The van der Waals surface area contributed by atoms with Gasteiger partial charge >= 0.3 is 0 Å². The molecule has 40 heteroatoms. The van der Waals surface area contributed by atoms with Crippen molar-refractivity contribution in [2.45, 2.75) is 64.5 Å². The Hall–Kier alpha value is -12.7. The maximum Gasteiger partial charge on any atom is 0.165 e. The molecule has 734 valence electrons. The summed E-state index contributed by atoms with van der Waals surface area (Å²) in [6, 6.07) is 52.8. The number of fused-ring (bicyclic) bond motifs is 10. The van der Waals surface area contributed by atoms with Crippen LogP contribution in [0.25, 0.3) is 138 Å². The molecule has 5 fully saturated rings. The Morgan fingerprint density at radius 2 is 0.639 bits per heavy atom. The lowest BCUT2D eigenvalue weighted by Gasteiger charge is -2.31. The van der Waals surface area contributed by atoms with Crippen LogP contribution in [0.5, 0.6) is 0 Å². The predicted molar refractivity (Wildman–Crippen MR) is 584 cm³/mol. The summed E-state index contributed by atoms with van der Waals surface area (Å²) in [7, 11) is 1.08. The summed E-state index contributed by atoms with van der Waals surface area (Å²) in [6.45, 7) is 16.3. The summed E-state index contributed by atoms with van der Waals surface area (Å²) in [6.07, 6.45) is 22.8. The quantitative estimate of drug-likeness (QED) is 0.0600. The van der Waals surface area contributed by atoms with E-state index in [2.05, 4.69) is 193 Å². The minimum atomic E-state index is -0.704. The highest BCUT2D eigenvalue weighted by Crippen LogP contribution is 2.39. The number of ether oxygens (including phenoxy) is 3. The van der Waals surface area contributed by atoms with Crippen molar-refractivity contribution in [1.82, 2.24) is 122 Å². The highest BCUT2D eigenvalue weighted by atomic mass is 79.9. The highest BCUT2D eigenvalue weighted by Gasteiger charge is 2.29. The number of anilines is 5. The lowest BCUT2D eigenvalue weighted by Crippen LogP contribution is -2.37. The molecule has 0 saturated carbocycles. The molecule has 25 rings (SSSR count). The molecule has 0 radical (unpaired) electrons. The second kappa shape index (κ2) is 44.1. The van der Waals surface area contributed by atoms with Crippen LogP contribution in [0, 0.1) is 0 Å². The van der Waals surface area contributed by atoms with E-state index in [0.717, 1.165) is 328 Å². The molecule has 0 spiro atoms. The van der Waals surface area contributed by atoms with E-state index in [-0.39, 0.29) is 0 Å². The zero-order chi connectivity index (χ0) is 98.4. The van der Waals surface area contributed by atoms with Gasteiger partial charge in [0.25, 0.3) is 0 Å². The molecule has 34 nitrogen and oxygen atoms in total. The number of methoxy groups -OCH3 is 1. The number of pyridine rings is 5. The van der Waals surface area contributed by atoms with Crippen molar-refractivity contribution in [3.8, 4) is 55.6 Å². The summed E-state index contributed by atoms with van der Waals surface area (Å²) in [5, 5.41) is 27.8. The van der Waals surface area contributed by atoms with Crippen LogP contribution in [0.15, 0.2) is 238 Å². The van der Waals surface area contributed by atoms with E-state index in [0.29, 0.717) is 65.4 Å². The zero-order valence-corrected chi connectivity index (χ0v) is 87.0. The number of aromatic nitrogens is 20. The number of halogens is 4. The van der Waals surface area contributed by atoms with Crippen molar-refractivity contribution in [2.75, 3.05) is 151 Å². The van der Waals surface area contributed by atoms with Gasteiger partial charge in [0.05, 0.1) is 124 Å². The molecule has 0 amide bonds. The molecule has 20 heterocycles. The molecule has 5 saturated heterocycles. The van der Waals surface area contributed by atoms with Gasteiger partial charge in [-0.2, -0.15) is 59.8 Å². The number of hydrogen-bond donors (Lipinski definition) is 5. The summed E-state index contributed by atoms with van der Waals surface area (Å²) >= 11 is 16.5. The molecule has 5 aliphatic rings. The first kappa shape index (κ1) is 97.4. The first-order valence-electron chi connectivity index (χ1n) is 47.8. The van der Waals surface area contributed by atoms with E-state index in [1.165, 1.54) is 0 Å². The summed E-state index contributed by atoms with van der Waals surface area (Å²) in [4.78, 5) is 59.3. The molecule has 0 aliphatic carbocycles. The van der Waals surface area contributed by atoms with Crippen molar-refractivity contribution in [3.63, 3.8) is 0 Å². The van der Waals surface area contributed by atoms with Gasteiger partial charge in [-0.15, -0.1) is 0 Å². The average molecular weight is 2220 g/mol. The Bertz CT molecular complexity index is 8130. The number of para-hydroxylation sites is 5. The van der Waals surface area contributed by atoms with E-state index in [9.17, 15) is 4.21 Å². The Kier molecular flexibility index (Phi) is 29.8. The Balaban J connectivity index is 0.000000106. The van der Waals surface area contributed by atoms with Crippen LogP contribution in [0.3, 0.4) is 0 Å². The number of benzene rings is 5. The number of nitrogen functional groups attached to an aromatic ring is 5. The molecule has 10 N–H and O–H groups in total. The molecule has 0 bridgehead atoms. The molecule has 5 aromatic carbocycles. The Morgan fingerprint density at radius 3 is 0.972 bits per heavy atom. The van der Waals surface area contributed by atoms with Gasteiger partial charge in [-0.05, 0) is 150 Å². The van der Waals surface area contributed by atoms with Crippen LogP contribution in [0.1, 0.15) is 54.2 Å². The topological polar surface area (TPSA) is 406 Å². The molecule has 20 aromatic rings. The van der Waals surface area contributed by atoms with E-state index < -0.39 is 10.8 Å². The van der Waals surface area contributed by atoms with Gasteiger partial charge in [-0.25, -0.2) is 24.9 Å². The fraction of sp³-hybridized carbons (Fsp3) is 0.279. The molecule has 144 heavy (non-hydrogen) atoms. The monoisotopic (exact) mass is 2220 g/mol. The predicted octanol–water partition coefficient (Wildman–Crippen LogP) is 16.9. The first-order valence-corrected chi connectivity index (χ1v) is 53.6. The number of nitrogens with two attached hydrogens (primary N) is 5. The lowest BCUT2D eigenvalue weighted by molar-refractivity contribution is 0.0385. The maximum atomic E-state index is 11.6. The molecule has 15 aromatic heterocycles. The van der Waals surface area contributed by atoms with Gasteiger partial charge in [0.15, 0.2) is 28.2 Å². The van der Waals surface area contributed by atoms with Gasteiger partial charge in [0.2, 0.25) is 0 Å². The van der Waals surface area contributed by atoms with Crippen LogP contribution in [0.4, 0.5) is 29.1 Å². The summed E-state index contributed by atoms with van der Waals surface area (Å²) in [5.74, 6) is 6.53. The van der Waals surface area contributed by atoms with Crippen LogP contribution in [-0.2, 0) is 57.7 Å². The molecule has 5 aliphatic heterocycles. The minimum absolute atomic E-state index is 0.354. The van der Waals surface area contributed by atoms with E-state index >= 15 is 0 Å². The van der Waals surface area contributed by atoms with Crippen LogP contribution < -0.4 is 28.7 Å². The van der Waals surface area contributed by atoms with Crippen LogP contribution >= 0.6 is 75.5 Å². The molecule has 0 unspecified atom stereocenters. The molecular weight excluding hydrogens is 2120 g/mol. The average Bonchev–Trinajstić information content (AvgIpc) is 1.62. The van der Waals surface area contributed by atoms with Crippen LogP contribution in [-0.4, -0.2) is 255 Å². The number of thioether (sulfide) groups is 1. The van der Waals surface area contributed by atoms with Crippen molar-refractivity contribution in [2.24, 2.45) is 0 Å². The number of nitrogens with zero attached hydrogens (tertiary/aromatic N) is 25. The standard InChI is InChI=1S/C22H23BrN6O.C21H21BrN6O.C21H22N6O.C20H19BrN6OS.C20H19BrN6S/c1-30-16-6-8-28(9-7-16)13-19-20(23)21(24)29-22(27-19)17(12-26-29)15-10-14-4-2-3-5-18(14)25-11-15;22-19-18(13-27-6-3-8-29-9-7-27)26-21-16(12-25-28(21)20(19)23)15-10-14-4-1-2-5-17(14)24-11-15;22-20-11-17(14-26-6-3-8-28-9-7-26)25-21-18(13-24-27(20)21)16-10-15-4-1-2-5-19(15)23-12-16;21-18-17(12-26-5-7-29(28)8-6-26)25-20-15(11-24-27(20)19(18)22)14-9-13-3-1-2-4-16(13)23-10-14;21-18-17(12-26-5-7-28-8-6-26)25-20-15(11-24-27(20)19(18)22)14-9-13-3-1-2-4-16(13)23-10-14/h2-5,10-12,16H,6-9,13,24H2,1H3;1-2,4-5,10-12H,3,6-9,13,23H2;1-2,4-5,10-13H,3,6-9,14,22H2;1-4,9-11H,5-8,12,22H2;1-4,9-11H,5-8,12,22H2. The van der Waals surface area contributed by atoms with Crippen molar-refractivity contribution < 1.29 is 18.4 Å². The third kappa shape index (κ3) is 21.3. The smallest absolute Gasteiger partial charge is 0.165 e. The Labute approximate surface area is 868 Å². The molecule has 0 atom stereocenters. The van der Waals surface area contributed by atoms with Crippen molar-refractivity contribution in [3.05, 3.63) is 266 Å². The third-order valence-electron chi connectivity index (χ3n) is 26.6. The van der Waals surface area contributed by atoms with Crippen molar-refractivity contribution >= 4 is 198 Å².